The largest absolute Gasteiger partial charge is 0.339 e. The summed E-state index contributed by atoms with van der Waals surface area (Å²) >= 11 is 0. The van der Waals surface area contributed by atoms with Crippen molar-refractivity contribution in [3.05, 3.63) is 0 Å². The van der Waals surface area contributed by atoms with Crippen molar-refractivity contribution in [2.75, 3.05) is 26.2 Å². The van der Waals surface area contributed by atoms with E-state index in [1.165, 1.54) is 32.1 Å². The molecule has 0 aromatic rings. The van der Waals surface area contributed by atoms with Gasteiger partial charge in [-0.05, 0) is 57.9 Å². The molecule has 2 aliphatic rings. The van der Waals surface area contributed by atoms with Crippen molar-refractivity contribution in [2.24, 2.45) is 5.92 Å². The SMILES string of the molecule is CCCN(CC(=O)N1CCCCC1C)CC1CC1. The second-order valence-electron chi connectivity index (χ2n) is 6.11. The maximum absolute atomic E-state index is 12.4. The lowest BCUT2D eigenvalue weighted by atomic mass is 10.0. The first-order valence-electron chi connectivity index (χ1n) is 7.72. The minimum absolute atomic E-state index is 0.358. The van der Waals surface area contributed by atoms with Gasteiger partial charge in [-0.3, -0.25) is 9.69 Å². The fourth-order valence-electron chi connectivity index (χ4n) is 2.97. The molecule has 1 atom stereocenters. The molecule has 18 heavy (non-hydrogen) atoms. The third-order valence-corrected chi connectivity index (χ3v) is 4.24. The molecule has 104 valence electrons. The molecule has 2 fully saturated rings. The Morgan fingerprint density at radius 2 is 2.06 bits per heavy atom. The first-order valence-corrected chi connectivity index (χ1v) is 7.72. The van der Waals surface area contributed by atoms with Gasteiger partial charge in [0, 0.05) is 19.1 Å². The van der Waals surface area contributed by atoms with Gasteiger partial charge in [0.05, 0.1) is 6.54 Å². The molecule has 1 saturated heterocycles. The molecule has 1 saturated carbocycles. The fraction of sp³-hybridized carbons (Fsp3) is 0.933. The highest BCUT2D eigenvalue weighted by Crippen LogP contribution is 2.29. The van der Waals surface area contributed by atoms with Crippen LogP contribution in [0.3, 0.4) is 0 Å². The summed E-state index contributed by atoms with van der Waals surface area (Å²) in [4.78, 5) is 16.9. The van der Waals surface area contributed by atoms with Gasteiger partial charge in [0.15, 0.2) is 0 Å². The molecular weight excluding hydrogens is 224 g/mol. The van der Waals surface area contributed by atoms with Crippen LogP contribution in [0.1, 0.15) is 52.4 Å². The number of hydrogen-bond acceptors (Lipinski definition) is 2. The van der Waals surface area contributed by atoms with Crippen molar-refractivity contribution in [1.29, 1.82) is 0 Å². The zero-order chi connectivity index (χ0) is 13.0. The van der Waals surface area contributed by atoms with E-state index < -0.39 is 0 Å². The van der Waals surface area contributed by atoms with Crippen molar-refractivity contribution in [3.63, 3.8) is 0 Å². The Kier molecular flexibility index (Phi) is 5.04. The number of carbonyl (C=O) groups excluding carboxylic acids is 1. The summed E-state index contributed by atoms with van der Waals surface area (Å²) in [5.41, 5.74) is 0. The van der Waals surface area contributed by atoms with Gasteiger partial charge in [0.2, 0.25) is 5.91 Å². The quantitative estimate of drug-likeness (QED) is 0.725. The highest BCUT2D eigenvalue weighted by atomic mass is 16.2. The molecule has 0 aromatic carbocycles. The maximum Gasteiger partial charge on any atom is 0.236 e. The van der Waals surface area contributed by atoms with Gasteiger partial charge in [0.25, 0.3) is 0 Å². The number of nitrogens with zero attached hydrogens (tertiary/aromatic N) is 2. The van der Waals surface area contributed by atoms with Crippen molar-refractivity contribution < 1.29 is 4.79 Å². The van der Waals surface area contributed by atoms with E-state index in [-0.39, 0.29) is 0 Å². The first-order chi connectivity index (χ1) is 8.70. The predicted molar refractivity (Wildman–Crippen MR) is 74.5 cm³/mol. The first kappa shape index (κ1) is 13.9. The Morgan fingerprint density at radius 3 is 2.67 bits per heavy atom. The van der Waals surface area contributed by atoms with Crippen LogP contribution < -0.4 is 0 Å². The molecule has 3 nitrogen and oxygen atoms in total. The standard InChI is InChI=1S/C15H28N2O/c1-3-9-16(11-14-7-8-14)12-15(18)17-10-5-4-6-13(17)2/h13-14H,3-12H2,1-2H3. The number of carbonyl (C=O) groups is 1. The molecule has 2 rings (SSSR count). The molecule has 0 radical (unpaired) electrons. The van der Waals surface area contributed by atoms with Crippen LogP contribution in [-0.2, 0) is 4.79 Å². The fourth-order valence-corrected chi connectivity index (χ4v) is 2.97. The van der Waals surface area contributed by atoms with Crippen LogP contribution in [-0.4, -0.2) is 47.9 Å². The summed E-state index contributed by atoms with van der Waals surface area (Å²) in [5, 5.41) is 0. The number of amides is 1. The van der Waals surface area contributed by atoms with Gasteiger partial charge in [0.1, 0.15) is 0 Å². The van der Waals surface area contributed by atoms with Crippen molar-refractivity contribution in [2.45, 2.75) is 58.4 Å². The molecule has 0 spiro atoms. The summed E-state index contributed by atoms with van der Waals surface area (Å²) in [6, 6.07) is 0.454. The lowest BCUT2D eigenvalue weighted by molar-refractivity contribution is -0.135. The zero-order valence-corrected chi connectivity index (χ0v) is 12.0. The molecule has 0 aromatic heterocycles. The summed E-state index contributed by atoms with van der Waals surface area (Å²) in [7, 11) is 0. The van der Waals surface area contributed by atoms with E-state index in [1.807, 2.05) is 0 Å². The van der Waals surface area contributed by atoms with E-state index in [2.05, 4.69) is 23.6 Å². The highest BCUT2D eigenvalue weighted by molar-refractivity contribution is 5.78. The van der Waals surface area contributed by atoms with E-state index in [9.17, 15) is 4.79 Å². The topological polar surface area (TPSA) is 23.6 Å². The minimum atomic E-state index is 0.358. The third kappa shape index (κ3) is 3.98. The number of piperidine rings is 1. The molecule has 0 N–H and O–H groups in total. The molecule has 3 heteroatoms. The van der Waals surface area contributed by atoms with Crippen molar-refractivity contribution >= 4 is 5.91 Å². The molecule has 1 heterocycles. The number of likely N-dealkylation sites (tertiary alicyclic amines) is 1. The van der Waals surface area contributed by atoms with Crippen LogP contribution in [0, 0.1) is 5.92 Å². The summed E-state index contributed by atoms with van der Waals surface area (Å²) in [6.07, 6.45) is 7.54. The Hall–Kier alpha value is -0.570. The Bertz CT molecular complexity index is 276. The van der Waals surface area contributed by atoms with Gasteiger partial charge in [-0.25, -0.2) is 0 Å². The molecule has 1 aliphatic carbocycles. The van der Waals surface area contributed by atoms with Crippen LogP contribution in [0.25, 0.3) is 0 Å². The van der Waals surface area contributed by atoms with Crippen molar-refractivity contribution in [3.8, 4) is 0 Å². The lowest BCUT2D eigenvalue weighted by Gasteiger charge is -2.35. The smallest absolute Gasteiger partial charge is 0.236 e. The maximum atomic E-state index is 12.4. The van der Waals surface area contributed by atoms with Crippen LogP contribution in [0.4, 0.5) is 0 Å². The van der Waals surface area contributed by atoms with E-state index in [4.69, 9.17) is 0 Å². The van der Waals surface area contributed by atoms with Crippen LogP contribution in [0.15, 0.2) is 0 Å². The molecule has 0 bridgehead atoms. The second-order valence-corrected chi connectivity index (χ2v) is 6.11. The van der Waals surface area contributed by atoms with Crippen LogP contribution >= 0.6 is 0 Å². The van der Waals surface area contributed by atoms with Gasteiger partial charge in [-0.2, -0.15) is 0 Å². The summed E-state index contributed by atoms with van der Waals surface area (Å²) < 4.78 is 0. The Balaban J connectivity index is 1.82. The Labute approximate surface area is 112 Å². The Morgan fingerprint density at radius 1 is 1.28 bits per heavy atom. The summed E-state index contributed by atoms with van der Waals surface area (Å²) in [5.74, 6) is 1.24. The van der Waals surface area contributed by atoms with Crippen molar-refractivity contribution in [1.82, 2.24) is 9.80 Å². The molecule has 1 amide bonds. The van der Waals surface area contributed by atoms with Gasteiger partial charge in [-0.1, -0.05) is 6.92 Å². The normalized spacial score (nSPS) is 24.6. The van der Waals surface area contributed by atoms with E-state index in [0.29, 0.717) is 18.5 Å². The minimum Gasteiger partial charge on any atom is -0.339 e. The number of hydrogen-bond donors (Lipinski definition) is 0. The predicted octanol–water partition coefficient (Wildman–Crippen LogP) is 2.51. The molecule has 1 unspecified atom stereocenters. The van der Waals surface area contributed by atoms with E-state index in [0.717, 1.165) is 32.0 Å². The summed E-state index contributed by atoms with van der Waals surface area (Å²) in [6.45, 7) is 8.24. The molecular formula is C15H28N2O. The van der Waals surface area contributed by atoms with Crippen LogP contribution in [0.5, 0.6) is 0 Å². The van der Waals surface area contributed by atoms with E-state index >= 15 is 0 Å². The van der Waals surface area contributed by atoms with Gasteiger partial charge in [-0.15, -0.1) is 0 Å². The zero-order valence-electron chi connectivity index (χ0n) is 12.0. The van der Waals surface area contributed by atoms with E-state index in [1.54, 1.807) is 0 Å². The highest BCUT2D eigenvalue weighted by Gasteiger charge is 2.28. The molecule has 1 aliphatic heterocycles. The van der Waals surface area contributed by atoms with Gasteiger partial charge < -0.3 is 4.90 Å². The number of rotatable bonds is 6. The second kappa shape index (κ2) is 6.55. The average molecular weight is 252 g/mol. The average Bonchev–Trinajstić information content (AvgIpc) is 3.13. The van der Waals surface area contributed by atoms with Gasteiger partial charge >= 0.3 is 0 Å². The van der Waals surface area contributed by atoms with Crippen LogP contribution in [0.2, 0.25) is 0 Å². The monoisotopic (exact) mass is 252 g/mol. The lowest BCUT2D eigenvalue weighted by Crippen LogP contribution is -2.47. The third-order valence-electron chi connectivity index (χ3n) is 4.24.